The van der Waals surface area contributed by atoms with E-state index in [0.717, 1.165) is 30.9 Å². The zero-order chi connectivity index (χ0) is 19.8. The summed E-state index contributed by atoms with van der Waals surface area (Å²) < 4.78 is 7.29. The van der Waals surface area contributed by atoms with E-state index in [1.54, 1.807) is 9.58 Å². The largest absolute Gasteiger partial charge is 0.444 e. The number of carbonyl (C=O) groups excluding carboxylic acids is 2. The molecule has 1 fully saturated rings. The maximum Gasteiger partial charge on any atom is 0.410 e. The summed E-state index contributed by atoms with van der Waals surface area (Å²) in [4.78, 5) is 31.4. The van der Waals surface area contributed by atoms with Crippen LogP contribution in [0.5, 0.6) is 0 Å². The SMILES string of the molecule is CCN1CCN(C(=O)c2nn(C)c3c2CN(C(=O)OC(C)(C)C)CC3)CC1. The zero-order valence-electron chi connectivity index (χ0n) is 17.1. The number of aromatic nitrogens is 2. The molecule has 3 heterocycles. The molecule has 0 unspecified atom stereocenters. The molecule has 0 saturated carbocycles. The van der Waals surface area contributed by atoms with Gasteiger partial charge < -0.3 is 19.4 Å². The number of fused-ring (bicyclic) bond motifs is 1. The lowest BCUT2D eigenvalue weighted by Gasteiger charge is -2.34. The number of aryl methyl sites for hydroxylation is 1. The van der Waals surface area contributed by atoms with Gasteiger partial charge in [-0.2, -0.15) is 5.10 Å². The first-order chi connectivity index (χ1) is 12.7. The number of hydrogen-bond acceptors (Lipinski definition) is 5. The molecule has 2 amide bonds. The fourth-order valence-corrected chi connectivity index (χ4v) is 3.66. The lowest BCUT2D eigenvalue weighted by atomic mass is 10.0. The summed E-state index contributed by atoms with van der Waals surface area (Å²) in [7, 11) is 1.87. The topological polar surface area (TPSA) is 70.9 Å². The highest BCUT2D eigenvalue weighted by Crippen LogP contribution is 2.25. The van der Waals surface area contributed by atoms with E-state index in [2.05, 4.69) is 16.9 Å². The van der Waals surface area contributed by atoms with Gasteiger partial charge in [0.25, 0.3) is 5.91 Å². The minimum absolute atomic E-state index is 0.0337. The van der Waals surface area contributed by atoms with Crippen LogP contribution in [-0.4, -0.2) is 81.4 Å². The summed E-state index contributed by atoms with van der Waals surface area (Å²) in [5, 5.41) is 4.51. The van der Waals surface area contributed by atoms with Gasteiger partial charge in [0, 0.05) is 57.4 Å². The second kappa shape index (κ2) is 7.50. The van der Waals surface area contributed by atoms with Crippen LogP contribution < -0.4 is 0 Å². The van der Waals surface area contributed by atoms with Gasteiger partial charge in [0.2, 0.25) is 0 Å². The van der Waals surface area contributed by atoms with Crippen molar-refractivity contribution in [2.45, 2.75) is 46.3 Å². The maximum atomic E-state index is 13.1. The van der Waals surface area contributed by atoms with E-state index in [0.29, 0.717) is 38.3 Å². The Morgan fingerprint density at radius 2 is 1.74 bits per heavy atom. The molecule has 1 aromatic heterocycles. The highest BCUT2D eigenvalue weighted by Gasteiger charge is 2.33. The summed E-state index contributed by atoms with van der Waals surface area (Å²) in [6.45, 7) is 12.9. The van der Waals surface area contributed by atoms with Gasteiger partial charge in [0.05, 0.1) is 6.54 Å². The molecular weight excluding hydrogens is 346 g/mol. The number of carbonyl (C=O) groups is 2. The fourth-order valence-electron chi connectivity index (χ4n) is 3.66. The molecule has 0 N–H and O–H groups in total. The first kappa shape index (κ1) is 19.7. The monoisotopic (exact) mass is 377 g/mol. The Morgan fingerprint density at radius 3 is 2.33 bits per heavy atom. The van der Waals surface area contributed by atoms with Crippen molar-refractivity contribution in [2.24, 2.45) is 7.05 Å². The van der Waals surface area contributed by atoms with E-state index in [-0.39, 0.29) is 12.0 Å². The lowest BCUT2D eigenvalue weighted by molar-refractivity contribution is 0.0220. The fraction of sp³-hybridized carbons (Fsp3) is 0.737. The molecule has 0 aromatic carbocycles. The van der Waals surface area contributed by atoms with Crippen LogP contribution in [0.2, 0.25) is 0 Å². The van der Waals surface area contributed by atoms with Gasteiger partial charge in [0.15, 0.2) is 5.69 Å². The molecule has 150 valence electrons. The Bertz CT molecular complexity index is 714. The van der Waals surface area contributed by atoms with E-state index in [1.807, 2.05) is 32.7 Å². The van der Waals surface area contributed by atoms with Gasteiger partial charge in [-0.3, -0.25) is 9.48 Å². The van der Waals surface area contributed by atoms with Crippen molar-refractivity contribution in [1.82, 2.24) is 24.5 Å². The third kappa shape index (κ3) is 4.26. The molecule has 0 spiro atoms. The molecule has 0 atom stereocenters. The molecule has 1 saturated heterocycles. The van der Waals surface area contributed by atoms with E-state index < -0.39 is 5.60 Å². The maximum absolute atomic E-state index is 13.1. The van der Waals surface area contributed by atoms with Crippen molar-refractivity contribution in [3.8, 4) is 0 Å². The van der Waals surface area contributed by atoms with Gasteiger partial charge in [0.1, 0.15) is 5.60 Å². The van der Waals surface area contributed by atoms with Gasteiger partial charge in [-0.25, -0.2) is 4.79 Å². The van der Waals surface area contributed by atoms with Gasteiger partial charge >= 0.3 is 6.09 Å². The smallest absolute Gasteiger partial charge is 0.410 e. The second-order valence-electron chi connectivity index (χ2n) is 8.28. The van der Waals surface area contributed by atoms with Crippen LogP contribution in [0.4, 0.5) is 4.79 Å². The third-order valence-corrected chi connectivity index (χ3v) is 5.20. The minimum atomic E-state index is -0.538. The molecular formula is C19H31N5O3. The van der Waals surface area contributed by atoms with Crippen molar-refractivity contribution in [3.05, 3.63) is 17.0 Å². The number of rotatable bonds is 2. The molecule has 0 radical (unpaired) electrons. The standard InChI is InChI=1S/C19H31N5O3/c1-6-22-9-11-23(12-10-22)17(25)16-14-13-24(18(26)27-19(2,3)4)8-7-15(14)21(5)20-16/h6-13H2,1-5H3. The molecule has 2 aliphatic rings. The summed E-state index contributed by atoms with van der Waals surface area (Å²) in [5.41, 5.74) is 1.83. The number of nitrogens with zero attached hydrogens (tertiary/aromatic N) is 5. The van der Waals surface area contributed by atoms with Crippen LogP contribution >= 0.6 is 0 Å². The predicted molar refractivity (Wildman–Crippen MR) is 102 cm³/mol. The van der Waals surface area contributed by atoms with Crippen LogP contribution in [0.25, 0.3) is 0 Å². The van der Waals surface area contributed by atoms with Crippen molar-refractivity contribution in [2.75, 3.05) is 39.3 Å². The predicted octanol–water partition coefficient (Wildman–Crippen LogP) is 1.49. The van der Waals surface area contributed by atoms with Crippen molar-refractivity contribution in [3.63, 3.8) is 0 Å². The molecule has 8 heteroatoms. The van der Waals surface area contributed by atoms with Crippen molar-refractivity contribution < 1.29 is 14.3 Å². The summed E-state index contributed by atoms with van der Waals surface area (Å²) >= 11 is 0. The summed E-state index contributed by atoms with van der Waals surface area (Å²) in [6, 6.07) is 0. The third-order valence-electron chi connectivity index (χ3n) is 5.20. The number of amides is 2. The van der Waals surface area contributed by atoms with Crippen LogP contribution in [0.3, 0.4) is 0 Å². The Kier molecular flexibility index (Phi) is 5.46. The molecule has 0 aliphatic carbocycles. The zero-order valence-corrected chi connectivity index (χ0v) is 17.1. The minimum Gasteiger partial charge on any atom is -0.444 e. The normalized spacial score (nSPS) is 18.4. The van der Waals surface area contributed by atoms with Crippen LogP contribution in [0, 0.1) is 0 Å². The van der Waals surface area contributed by atoms with Crippen LogP contribution in [-0.2, 0) is 24.8 Å². The van der Waals surface area contributed by atoms with E-state index in [1.165, 1.54) is 0 Å². The first-order valence-electron chi connectivity index (χ1n) is 9.74. The van der Waals surface area contributed by atoms with E-state index in [9.17, 15) is 9.59 Å². The highest BCUT2D eigenvalue weighted by atomic mass is 16.6. The number of likely N-dealkylation sites (N-methyl/N-ethyl adjacent to an activating group) is 1. The summed E-state index contributed by atoms with van der Waals surface area (Å²) in [6.07, 6.45) is 0.335. The van der Waals surface area contributed by atoms with Crippen molar-refractivity contribution >= 4 is 12.0 Å². The Morgan fingerprint density at radius 1 is 1.07 bits per heavy atom. The van der Waals surface area contributed by atoms with Gasteiger partial charge in [-0.05, 0) is 27.3 Å². The van der Waals surface area contributed by atoms with E-state index in [4.69, 9.17) is 4.74 Å². The highest BCUT2D eigenvalue weighted by molar-refractivity contribution is 5.94. The average Bonchev–Trinajstić information content (AvgIpc) is 2.96. The first-order valence-corrected chi connectivity index (χ1v) is 9.74. The Balaban J connectivity index is 1.76. The van der Waals surface area contributed by atoms with E-state index >= 15 is 0 Å². The number of ether oxygens (including phenoxy) is 1. The van der Waals surface area contributed by atoms with Crippen molar-refractivity contribution in [1.29, 1.82) is 0 Å². The number of hydrogen-bond donors (Lipinski definition) is 0. The average molecular weight is 377 g/mol. The molecule has 2 aliphatic heterocycles. The molecule has 1 aromatic rings. The Hall–Kier alpha value is -2.09. The van der Waals surface area contributed by atoms with Crippen LogP contribution in [0.15, 0.2) is 0 Å². The molecule has 0 bridgehead atoms. The quantitative estimate of drug-likeness (QED) is 0.781. The molecule has 8 nitrogen and oxygen atoms in total. The Labute approximate surface area is 161 Å². The summed E-state index contributed by atoms with van der Waals surface area (Å²) in [5.74, 6) is -0.0337. The van der Waals surface area contributed by atoms with Gasteiger partial charge in [-0.1, -0.05) is 6.92 Å². The lowest BCUT2D eigenvalue weighted by Crippen LogP contribution is -2.49. The van der Waals surface area contributed by atoms with Crippen LogP contribution in [0.1, 0.15) is 49.4 Å². The molecule has 3 rings (SSSR count). The van der Waals surface area contributed by atoms with Gasteiger partial charge in [-0.15, -0.1) is 0 Å². The number of piperazine rings is 1. The second-order valence-corrected chi connectivity index (χ2v) is 8.28. The molecule has 27 heavy (non-hydrogen) atoms.